The van der Waals surface area contributed by atoms with Gasteiger partial charge in [-0.15, -0.1) is 0 Å². The normalized spacial score (nSPS) is 1.40. The molecule has 3 radical (unpaired) electrons. The molecule has 0 fully saturated rings. The van der Waals surface area contributed by atoms with E-state index in [9.17, 15) is 0 Å². The van der Waals surface area contributed by atoms with Gasteiger partial charge in [0.2, 0.25) is 0 Å². The molecule has 0 aromatic rings. The van der Waals surface area contributed by atoms with Crippen LogP contribution in [0.5, 0.6) is 0 Å². The van der Waals surface area contributed by atoms with Crippen LogP contribution in [0, 0.1) is 10.7 Å². The van der Waals surface area contributed by atoms with Gasteiger partial charge >= 0.3 is 17.1 Å². The number of nitriles is 1. The molecule has 0 rings (SSSR count). The molecule has 0 aromatic heterocycles. The topological polar surface area (TPSA) is 23.8 Å². The van der Waals surface area contributed by atoms with Crippen LogP contribution in [0.4, 0.5) is 0 Å². The van der Waals surface area contributed by atoms with Gasteiger partial charge in [0.05, 0.1) is 0 Å². The van der Waals surface area contributed by atoms with Crippen molar-refractivity contribution in [3.63, 3.8) is 0 Å². The SMILES string of the molecule is N#C[S-].[Al].[Cu+]. The minimum Gasteiger partial charge on any atom is -0.696 e. The molecule has 0 aliphatic heterocycles. The van der Waals surface area contributed by atoms with Crippen LogP contribution in [0.1, 0.15) is 0 Å². The molecule has 0 spiro atoms. The van der Waals surface area contributed by atoms with Gasteiger partial charge in [0.15, 0.2) is 0 Å². The Labute approximate surface area is 57.8 Å². The molecule has 5 heavy (non-hydrogen) atoms. The first-order valence-electron chi connectivity index (χ1n) is 0.428. The summed E-state index contributed by atoms with van der Waals surface area (Å²) >= 11 is 3.70. The summed E-state index contributed by atoms with van der Waals surface area (Å²) in [4.78, 5) is 0. The fourth-order valence-corrected chi connectivity index (χ4v) is 0. The van der Waals surface area contributed by atoms with Gasteiger partial charge in [-0.1, -0.05) is 5.40 Å². The van der Waals surface area contributed by atoms with E-state index in [0.29, 0.717) is 0 Å². The molecule has 0 bridgehead atoms. The van der Waals surface area contributed by atoms with Crippen molar-refractivity contribution in [2.45, 2.75) is 0 Å². The Kier molecular flexibility index (Phi) is 74.4. The number of hydrogen-bond acceptors (Lipinski definition) is 2. The summed E-state index contributed by atoms with van der Waals surface area (Å²) in [5, 5.41) is 8.47. The van der Waals surface area contributed by atoms with E-state index in [2.05, 4.69) is 12.6 Å². The largest absolute Gasteiger partial charge is 1.00 e. The molecule has 0 aromatic carbocycles. The smallest absolute Gasteiger partial charge is 0.696 e. The van der Waals surface area contributed by atoms with Gasteiger partial charge in [-0.2, -0.15) is 0 Å². The van der Waals surface area contributed by atoms with Crippen molar-refractivity contribution in [2.75, 3.05) is 0 Å². The van der Waals surface area contributed by atoms with Crippen molar-refractivity contribution in [1.82, 2.24) is 0 Å². The van der Waals surface area contributed by atoms with Crippen LogP contribution in [0.25, 0.3) is 0 Å². The molecule has 0 aliphatic carbocycles. The second-order valence-corrected chi connectivity index (χ2v) is 0.274. The molecule has 0 saturated heterocycles. The average molecular weight is 149 g/mol. The molecule has 0 N–H and O–H groups in total. The van der Waals surface area contributed by atoms with Gasteiger partial charge < -0.3 is 12.6 Å². The van der Waals surface area contributed by atoms with Crippen molar-refractivity contribution in [2.24, 2.45) is 0 Å². The third kappa shape index (κ3) is 62.6. The van der Waals surface area contributed by atoms with E-state index in [1.54, 1.807) is 0 Å². The molecule has 1 nitrogen and oxygen atoms in total. The van der Waals surface area contributed by atoms with E-state index in [0.717, 1.165) is 0 Å². The van der Waals surface area contributed by atoms with Crippen LogP contribution in [0.15, 0.2) is 0 Å². The zero-order valence-electron chi connectivity index (χ0n) is 2.23. The summed E-state index contributed by atoms with van der Waals surface area (Å²) in [6, 6.07) is 0. The Morgan fingerprint density at radius 2 is 1.60 bits per heavy atom. The maximum Gasteiger partial charge on any atom is 1.00 e. The Morgan fingerprint density at radius 1 is 1.60 bits per heavy atom. The van der Waals surface area contributed by atoms with E-state index in [4.69, 9.17) is 5.26 Å². The van der Waals surface area contributed by atoms with Crippen LogP contribution in [0.2, 0.25) is 0 Å². The van der Waals surface area contributed by atoms with E-state index < -0.39 is 0 Å². The van der Waals surface area contributed by atoms with Gasteiger partial charge in [0.1, 0.15) is 0 Å². The van der Waals surface area contributed by atoms with Crippen LogP contribution < -0.4 is 0 Å². The third-order valence-corrected chi connectivity index (χ3v) is 0. The number of thiocyanates is 1. The number of hydrogen-bond donors (Lipinski definition) is 0. The summed E-state index contributed by atoms with van der Waals surface area (Å²) in [5.41, 5.74) is 0. The fourth-order valence-electron chi connectivity index (χ4n) is 0. The van der Waals surface area contributed by atoms with Crippen molar-refractivity contribution in [3.8, 4) is 5.40 Å². The molecular formula is CAlCuNS. The van der Waals surface area contributed by atoms with E-state index in [1.165, 1.54) is 5.40 Å². The molecule has 0 aliphatic rings. The monoisotopic (exact) mass is 148 g/mol. The molecule has 29 valence electrons. The first-order valence-corrected chi connectivity index (χ1v) is 0.836. The summed E-state index contributed by atoms with van der Waals surface area (Å²) in [5.74, 6) is 0. The second-order valence-electron chi connectivity index (χ2n) is 0.0913. The van der Waals surface area contributed by atoms with Crippen molar-refractivity contribution in [3.05, 3.63) is 0 Å². The first-order chi connectivity index (χ1) is 1.41. The third-order valence-electron chi connectivity index (χ3n) is 0. The van der Waals surface area contributed by atoms with Crippen LogP contribution in [0.3, 0.4) is 0 Å². The quantitative estimate of drug-likeness (QED) is 0.266. The van der Waals surface area contributed by atoms with Crippen molar-refractivity contribution in [1.29, 1.82) is 5.26 Å². The summed E-state index contributed by atoms with van der Waals surface area (Å²) in [7, 11) is 0. The van der Waals surface area contributed by atoms with Gasteiger partial charge in [-0.25, -0.2) is 5.26 Å². The van der Waals surface area contributed by atoms with E-state index in [1.807, 2.05) is 0 Å². The van der Waals surface area contributed by atoms with E-state index in [-0.39, 0.29) is 34.4 Å². The van der Waals surface area contributed by atoms with Crippen LogP contribution in [-0.2, 0) is 29.7 Å². The second kappa shape index (κ2) is 21.7. The molecule has 0 saturated carbocycles. The van der Waals surface area contributed by atoms with Crippen LogP contribution >= 0.6 is 0 Å². The molecule has 0 atom stereocenters. The molecular weight excluding hydrogens is 149 g/mol. The predicted octanol–water partition coefficient (Wildman–Crippen LogP) is -0.369. The molecule has 0 unspecified atom stereocenters. The maximum absolute atomic E-state index is 7.13. The Bertz CT molecular complexity index is 33.1. The summed E-state index contributed by atoms with van der Waals surface area (Å²) < 4.78 is 0. The summed E-state index contributed by atoms with van der Waals surface area (Å²) in [6.07, 6.45) is 0. The van der Waals surface area contributed by atoms with Gasteiger partial charge in [0, 0.05) is 17.4 Å². The maximum atomic E-state index is 7.13. The molecule has 0 amide bonds. The summed E-state index contributed by atoms with van der Waals surface area (Å²) in [6.45, 7) is 0. The van der Waals surface area contributed by atoms with Gasteiger partial charge in [0.25, 0.3) is 0 Å². The fraction of sp³-hybridized carbons (Fsp3) is 0. The van der Waals surface area contributed by atoms with Gasteiger partial charge in [-0.05, 0) is 0 Å². The average Bonchev–Trinajstić information content (AvgIpc) is 0.918. The molecule has 0 heterocycles. The zero-order valence-corrected chi connectivity index (χ0v) is 5.15. The predicted molar refractivity (Wildman–Crippen MR) is 18.7 cm³/mol. The minimum atomic E-state index is 0. The van der Waals surface area contributed by atoms with Crippen LogP contribution in [-0.4, -0.2) is 17.4 Å². The molecule has 4 heteroatoms. The zero-order chi connectivity index (χ0) is 2.71. The van der Waals surface area contributed by atoms with Crippen molar-refractivity contribution < 1.29 is 17.1 Å². The van der Waals surface area contributed by atoms with E-state index >= 15 is 0 Å². The Morgan fingerprint density at radius 3 is 1.60 bits per heavy atom. The van der Waals surface area contributed by atoms with Gasteiger partial charge in [-0.3, -0.25) is 0 Å². The Balaban J connectivity index is -0.0000000200. The van der Waals surface area contributed by atoms with Crippen molar-refractivity contribution >= 4 is 30.0 Å². The number of rotatable bonds is 0. The minimum absolute atomic E-state index is 0. The first kappa shape index (κ1) is 17.1. The Hall–Kier alpha value is 0.762. The standard InChI is InChI=1S/CHNS.Al.Cu/c2-1-3;;/h3H;;/q;;+1/p-1. The number of nitrogens with zero attached hydrogens (tertiary/aromatic N) is 1.